The molecule has 2 aliphatic rings. The maximum absolute atomic E-state index is 13.3. The van der Waals surface area contributed by atoms with E-state index in [1.807, 2.05) is 0 Å². The summed E-state index contributed by atoms with van der Waals surface area (Å²) >= 11 is 3.30. The first-order chi connectivity index (χ1) is 16.4. The van der Waals surface area contributed by atoms with E-state index in [1.165, 1.54) is 32.0 Å². The van der Waals surface area contributed by atoms with E-state index in [9.17, 15) is 28.8 Å². The lowest BCUT2D eigenvalue weighted by molar-refractivity contribution is -0.132. The molecule has 2 aromatic carbocycles. The number of esters is 2. The molecule has 0 saturated carbocycles. The van der Waals surface area contributed by atoms with Crippen molar-refractivity contribution in [2.75, 3.05) is 0 Å². The third kappa shape index (κ3) is 3.97. The number of ketones is 4. The second-order valence-corrected chi connectivity index (χ2v) is 8.93. The Morgan fingerprint density at radius 3 is 1.77 bits per heavy atom. The molecule has 0 amide bonds. The molecule has 2 aromatic rings. The van der Waals surface area contributed by atoms with Crippen molar-refractivity contribution in [1.29, 1.82) is 0 Å². The molecule has 0 fully saturated rings. The molecule has 0 aliphatic heterocycles. The van der Waals surface area contributed by atoms with E-state index in [1.54, 1.807) is 0 Å². The number of fused-ring (bicyclic) bond motifs is 2. The number of carbonyl (C=O) groups excluding carboxylic acids is 6. The fourth-order valence-corrected chi connectivity index (χ4v) is 4.66. The number of hydrogen-bond donors (Lipinski definition) is 0. The van der Waals surface area contributed by atoms with Crippen LogP contribution < -0.4 is 9.47 Å². The van der Waals surface area contributed by atoms with Gasteiger partial charge >= 0.3 is 11.9 Å². The van der Waals surface area contributed by atoms with Crippen LogP contribution in [-0.4, -0.2) is 35.1 Å². The molecule has 0 heterocycles. The first-order valence-electron chi connectivity index (χ1n) is 10.4. The van der Waals surface area contributed by atoms with Crippen LogP contribution >= 0.6 is 15.9 Å². The smallest absolute Gasteiger partial charge is 0.308 e. The molecule has 4 rings (SSSR count). The summed E-state index contributed by atoms with van der Waals surface area (Å²) < 4.78 is 10.6. The lowest BCUT2D eigenvalue weighted by Gasteiger charge is -2.24. The minimum atomic E-state index is -0.697. The molecule has 0 atom stereocenters. The normalized spacial score (nSPS) is 14.7. The van der Waals surface area contributed by atoms with Crippen LogP contribution in [0.3, 0.4) is 0 Å². The molecular formula is C26H17BrO8. The molecule has 0 radical (unpaired) electrons. The average molecular weight is 537 g/mol. The summed E-state index contributed by atoms with van der Waals surface area (Å²) in [5.74, 6) is -3.70. The standard InChI is InChI=1S/C26H17BrO8/c1-10-7-17(30)22-19(34-12(3)28)6-5-14(20(22)24(10)32)15-9-16(27)26(35-13(4)29)23-18(31)8-11(2)25(33)21(15)23/h5-9H,1-4H3. The molecule has 176 valence electrons. The molecule has 0 saturated heterocycles. The van der Waals surface area contributed by atoms with Crippen LogP contribution in [0.1, 0.15) is 69.1 Å². The van der Waals surface area contributed by atoms with E-state index < -0.39 is 35.1 Å². The zero-order valence-electron chi connectivity index (χ0n) is 19.0. The molecule has 2 aliphatic carbocycles. The Labute approximate surface area is 207 Å². The van der Waals surface area contributed by atoms with E-state index in [4.69, 9.17) is 9.47 Å². The van der Waals surface area contributed by atoms with Gasteiger partial charge in [-0.3, -0.25) is 28.8 Å². The number of ether oxygens (including phenoxy) is 2. The molecular weight excluding hydrogens is 520 g/mol. The van der Waals surface area contributed by atoms with Crippen molar-refractivity contribution in [3.8, 4) is 22.6 Å². The van der Waals surface area contributed by atoms with Crippen LogP contribution in [0.25, 0.3) is 11.1 Å². The predicted octanol–water partition coefficient (Wildman–Crippen LogP) is 4.62. The van der Waals surface area contributed by atoms with Gasteiger partial charge in [-0.25, -0.2) is 0 Å². The van der Waals surface area contributed by atoms with Crippen molar-refractivity contribution >= 4 is 51.0 Å². The summed E-state index contributed by atoms with van der Waals surface area (Å²) in [7, 11) is 0. The van der Waals surface area contributed by atoms with Crippen LogP contribution in [0.5, 0.6) is 11.5 Å². The molecule has 0 bridgehead atoms. The van der Waals surface area contributed by atoms with Crippen molar-refractivity contribution in [2.24, 2.45) is 0 Å². The van der Waals surface area contributed by atoms with Crippen molar-refractivity contribution < 1.29 is 38.2 Å². The Hall–Kier alpha value is -3.98. The van der Waals surface area contributed by atoms with Gasteiger partial charge in [0.2, 0.25) is 0 Å². The summed E-state index contributed by atoms with van der Waals surface area (Å²) in [5, 5.41) is 0. The van der Waals surface area contributed by atoms with Crippen LogP contribution in [0.2, 0.25) is 0 Å². The number of Topliss-reactive ketones (excluding diaryl/α,β-unsaturated/α-hetero) is 2. The van der Waals surface area contributed by atoms with Crippen molar-refractivity contribution in [2.45, 2.75) is 27.7 Å². The highest BCUT2D eigenvalue weighted by Gasteiger charge is 2.36. The van der Waals surface area contributed by atoms with Crippen molar-refractivity contribution in [1.82, 2.24) is 0 Å². The fourth-order valence-electron chi connectivity index (χ4n) is 4.15. The van der Waals surface area contributed by atoms with Gasteiger partial charge in [0.1, 0.15) is 5.75 Å². The molecule has 0 aromatic heterocycles. The van der Waals surface area contributed by atoms with Crippen LogP contribution in [-0.2, 0) is 9.59 Å². The Morgan fingerprint density at radius 2 is 1.23 bits per heavy atom. The van der Waals surface area contributed by atoms with Gasteiger partial charge < -0.3 is 9.47 Å². The van der Waals surface area contributed by atoms with E-state index in [0.29, 0.717) is 0 Å². The van der Waals surface area contributed by atoms with E-state index in [2.05, 4.69) is 15.9 Å². The van der Waals surface area contributed by atoms with Gasteiger partial charge in [0.15, 0.2) is 28.9 Å². The Morgan fingerprint density at radius 1 is 0.714 bits per heavy atom. The van der Waals surface area contributed by atoms with Crippen molar-refractivity contribution in [3.63, 3.8) is 0 Å². The molecule has 35 heavy (non-hydrogen) atoms. The maximum atomic E-state index is 13.3. The predicted molar refractivity (Wildman–Crippen MR) is 127 cm³/mol. The Bertz CT molecular complexity index is 1490. The van der Waals surface area contributed by atoms with Gasteiger partial charge in [-0.1, -0.05) is 0 Å². The highest BCUT2D eigenvalue weighted by atomic mass is 79.9. The minimum Gasteiger partial charge on any atom is -0.426 e. The molecule has 8 nitrogen and oxygen atoms in total. The summed E-state index contributed by atoms with van der Waals surface area (Å²) in [6, 6.07) is 4.25. The maximum Gasteiger partial charge on any atom is 0.308 e. The highest BCUT2D eigenvalue weighted by Crippen LogP contribution is 2.45. The topological polar surface area (TPSA) is 121 Å². The van der Waals surface area contributed by atoms with Gasteiger partial charge in [-0.05, 0) is 71.3 Å². The fraction of sp³-hybridized carbons (Fsp3) is 0.154. The quantitative estimate of drug-likeness (QED) is 0.411. The number of rotatable bonds is 3. The third-order valence-electron chi connectivity index (χ3n) is 5.55. The highest BCUT2D eigenvalue weighted by molar-refractivity contribution is 9.10. The summed E-state index contributed by atoms with van der Waals surface area (Å²) in [5.41, 5.74) is 0.290. The van der Waals surface area contributed by atoms with Gasteiger partial charge in [0, 0.05) is 36.1 Å². The first-order valence-corrected chi connectivity index (χ1v) is 11.2. The van der Waals surface area contributed by atoms with Gasteiger partial charge in [0.05, 0.1) is 15.6 Å². The lowest BCUT2D eigenvalue weighted by Crippen LogP contribution is -2.22. The monoisotopic (exact) mass is 536 g/mol. The largest absolute Gasteiger partial charge is 0.426 e. The SMILES string of the molecule is CC(=O)Oc1ccc(-c2cc(Br)c(OC(C)=O)c3c2C(=O)C(C)=CC3=O)c2c1C(=O)C=C(C)C2=O. The first kappa shape index (κ1) is 24.2. The van der Waals surface area contributed by atoms with Crippen LogP contribution in [0.4, 0.5) is 0 Å². The Kier molecular flexibility index (Phi) is 5.98. The van der Waals surface area contributed by atoms with E-state index >= 15 is 0 Å². The van der Waals surface area contributed by atoms with E-state index in [-0.39, 0.29) is 60.5 Å². The van der Waals surface area contributed by atoms with Gasteiger partial charge in [0.25, 0.3) is 0 Å². The minimum absolute atomic E-state index is 0.0597. The molecule has 0 N–H and O–H groups in total. The second kappa shape index (κ2) is 8.66. The average Bonchev–Trinajstić information content (AvgIpc) is 2.76. The second-order valence-electron chi connectivity index (χ2n) is 8.08. The van der Waals surface area contributed by atoms with Crippen molar-refractivity contribution in [3.05, 3.63) is 68.2 Å². The number of hydrogen-bond acceptors (Lipinski definition) is 8. The number of benzene rings is 2. The summed E-state index contributed by atoms with van der Waals surface area (Å²) in [6.07, 6.45) is 2.30. The molecule has 0 spiro atoms. The van der Waals surface area contributed by atoms with E-state index in [0.717, 1.165) is 26.0 Å². The molecule has 9 heteroatoms. The zero-order chi connectivity index (χ0) is 25.8. The Balaban J connectivity index is 2.13. The summed E-state index contributed by atoms with van der Waals surface area (Å²) in [4.78, 5) is 75.8. The van der Waals surface area contributed by atoms with Gasteiger partial charge in [-0.15, -0.1) is 0 Å². The number of allylic oxidation sites excluding steroid dienone is 4. The lowest BCUT2D eigenvalue weighted by atomic mass is 9.79. The summed E-state index contributed by atoms with van der Waals surface area (Å²) in [6.45, 7) is 5.27. The zero-order valence-corrected chi connectivity index (χ0v) is 20.6. The van der Waals surface area contributed by atoms with Crippen LogP contribution in [0, 0.1) is 0 Å². The molecule has 0 unspecified atom stereocenters. The van der Waals surface area contributed by atoms with Crippen LogP contribution in [0.15, 0.2) is 46.0 Å². The van der Waals surface area contributed by atoms with Gasteiger partial charge in [-0.2, -0.15) is 0 Å². The third-order valence-corrected chi connectivity index (χ3v) is 6.14. The number of carbonyl (C=O) groups is 6. The number of halogens is 1.